The van der Waals surface area contributed by atoms with Crippen LogP contribution < -0.4 is 6.25 Å². The summed E-state index contributed by atoms with van der Waals surface area (Å²) in [4.78, 5) is 2.71. The van der Waals surface area contributed by atoms with Crippen LogP contribution in [0.5, 0.6) is 0 Å². The summed E-state index contributed by atoms with van der Waals surface area (Å²) in [5, 5.41) is 0. The Morgan fingerprint density at radius 1 is 0.370 bits per heavy atom. The van der Waals surface area contributed by atoms with Crippen molar-refractivity contribution >= 4 is 41.0 Å². The van der Waals surface area contributed by atoms with E-state index in [0.29, 0.717) is 0 Å². The molecule has 0 amide bonds. The molecule has 0 fully saturated rings. The van der Waals surface area contributed by atoms with Gasteiger partial charge in [0.25, 0.3) is 0 Å². The third kappa shape index (κ3) is 4.50. The third-order valence-electron chi connectivity index (χ3n) is 4.32. The molecule has 0 aliphatic rings. The Morgan fingerprint density at radius 3 is 1.00 bits per heavy atom. The molecule has 4 rings (SSSR count). The molecule has 0 heterocycles. The second-order valence-electron chi connectivity index (χ2n) is 6.18. The molecule has 0 bridgehead atoms. The first-order valence-corrected chi connectivity index (χ1v) is 24.0. The van der Waals surface area contributed by atoms with E-state index in [2.05, 4.69) is 138 Å². The molecule has 0 aliphatic heterocycles. The van der Waals surface area contributed by atoms with E-state index in [1.807, 2.05) is 0 Å². The summed E-state index contributed by atoms with van der Waals surface area (Å²) in [5.74, 6) is 0. The van der Waals surface area contributed by atoms with E-state index >= 15 is 0 Å². The fraction of sp³-hybridized carbons (Fsp3) is 0. The summed E-state index contributed by atoms with van der Waals surface area (Å²) < 4.78 is 3.03. The van der Waals surface area contributed by atoms with Gasteiger partial charge in [-0.15, -0.1) is 0 Å². The predicted molar refractivity (Wildman–Crippen MR) is 123 cm³/mol. The van der Waals surface area contributed by atoms with Crippen LogP contribution in [0.4, 0.5) is 0 Å². The third-order valence-corrected chi connectivity index (χ3v) is 39.3. The zero-order valence-corrected chi connectivity index (χ0v) is 20.4. The standard InChI is InChI=1S/2C6H6S.2C6H5.Pb/c2*7-6-4-2-1-3-5-6;2*1-2-4-6-5-3-1;/h2*1-5,7H;2*1-5H;/q;;;;+2/p-2. The van der Waals surface area contributed by atoms with Gasteiger partial charge in [-0.05, 0) is 0 Å². The van der Waals surface area contributed by atoms with Crippen LogP contribution >= 0.6 is 16.6 Å². The number of benzene rings is 4. The minimum absolute atomic E-state index is 1.36. The van der Waals surface area contributed by atoms with Gasteiger partial charge in [0.1, 0.15) is 0 Å². The van der Waals surface area contributed by atoms with Gasteiger partial charge in [-0.3, -0.25) is 0 Å². The molecule has 0 saturated carbocycles. The summed E-state index contributed by atoms with van der Waals surface area (Å²) in [6.07, 6.45) is 0. The molecule has 0 N–H and O–H groups in total. The number of hydrogen-bond donors (Lipinski definition) is 0. The van der Waals surface area contributed by atoms with Gasteiger partial charge in [0.05, 0.1) is 0 Å². The first-order valence-electron chi connectivity index (χ1n) is 8.96. The van der Waals surface area contributed by atoms with E-state index < -0.39 is 18.2 Å². The Morgan fingerprint density at radius 2 is 0.667 bits per heavy atom. The van der Waals surface area contributed by atoms with Gasteiger partial charge < -0.3 is 0 Å². The zero-order chi connectivity index (χ0) is 18.4. The Bertz CT molecular complexity index is 875. The number of rotatable bonds is 6. The van der Waals surface area contributed by atoms with Crippen LogP contribution in [0.25, 0.3) is 0 Å². The van der Waals surface area contributed by atoms with Crippen LogP contribution in [0.15, 0.2) is 131 Å². The Kier molecular flexibility index (Phi) is 6.37. The quantitative estimate of drug-likeness (QED) is 0.264. The normalized spacial score (nSPS) is 11.3. The fourth-order valence-electron chi connectivity index (χ4n) is 3.05. The Hall–Kier alpha value is -1.50. The molecule has 27 heavy (non-hydrogen) atoms. The van der Waals surface area contributed by atoms with E-state index in [9.17, 15) is 0 Å². The average Bonchev–Trinajstić information content (AvgIpc) is 2.76. The summed E-state index contributed by atoms with van der Waals surface area (Å²) in [7, 11) is 4.24. The van der Waals surface area contributed by atoms with Crippen LogP contribution in [0.1, 0.15) is 0 Å². The summed E-state index contributed by atoms with van der Waals surface area (Å²) in [5.41, 5.74) is 0. The van der Waals surface area contributed by atoms with Gasteiger partial charge in [0.15, 0.2) is 0 Å². The van der Waals surface area contributed by atoms with Crippen molar-refractivity contribution in [3.8, 4) is 0 Å². The average molecular weight is 580 g/mol. The second kappa shape index (κ2) is 9.13. The first-order chi connectivity index (χ1) is 13.4. The van der Waals surface area contributed by atoms with Crippen LogP contribution in [0, 0.1) is 0 Å². The molecule has 0 nitrogen and oxygen atoms in total. The topological polar surface area (TPSA) is 0 Å². The van der Waals surface area contributed by atoms with Gasteiger partial charge >= 0.3 is 172 Å². The van der Waals surface area contributed by atoms with Crippen molar-refractivity contribution in [1.82, 2.24) is 0 Å². The molecule has 0 radical (unpaired) electrons. The molecule has 0 aromatic heterocycles. The molecule has 0 unspecified atom stereocenters. The van der Waals surface area contributed by atoms with Crippen molar-refractivity contribution in [2.45, 2.75) is 9.79 Å². The summed E-state index contributed by atoms with van der Waals surface area (Å²) in [6, 6.07) is 44.1. The van der Waals surface area contributed by atoms with Gasteiger partial charge in [-0.2, -0.15) is 0 Å². The van der Waals surface area contributed by atoms with Crippen molar-refractivity contribution < 1.29 is 0 Å². The second-order valence-corrected chi connectivity index (χ2v) is 34.6. The molecule has 0 atom stereocenters. The first kappa shape index (κ1) is 18.8. The van der Waals surface area contributed by atoms with E-state index in [0.717, 1.165) is 0 Å². The monoisotopic (exact) mass is 580 g/mol. The fourth-order valence-corrected chi connectivity index (χ4v) is 38.9. The molecular formula is C24H20PbS2. The van der Waals surface area contributed by atoms with Crippen molar-refractivity contribution in [3.63, 3.8) is 0 Å². The molecular weight excluding hydrogens is 560 g/mol. The maximum atomic E-state index is 2.33. The molecule has 132 valence electrons. The zero-order valence-electron chi connectivity index (χ0n) is 14.9. The SMILES string of the molecule is c1ccc([S][Pb]([S]c2ccccc2)([c]2ccccc2)[c]2ccccc2)cc1. The van der Waals surface area contributed by atoms with Crippen molar-refractivity contribution in [1.29, 1.82) is 0 Å². The van der Waals surface area contributed by atoms with Gasteiger partial charge in [0, 0.05) is 0 Å². The van der Waals surface area contributed by atoms with E-state index in [-0.39, 0.29) is 0 Å². The molecule has 4 aromatic rings. The van der Waals surface area contributed by atoms with E-state index in [4.69, 9.17) is 0 Å². The van der Waals surface area contributed by atoms with E-state index in [1.165, 1.54) is 16.0 Å². The Balaban J connectivity index is 1.90. The van der Waals surface area contributed by atoms with Crippen LogP contribution in [0.3, 0.4) is 0 Å². The van der Waals surface area contributed by atoms with Crippen LogP contribution in [0.2, 0.25) is 0 Å². The number of hydrogen-bond acceptors (Lipinski definition) is 2. The van der Waals surface area contributed by atoms with Crippen molar-refractivity contribution in [3.05, 3.63) is 121 Å². The molecule has 3 heteroatoms. The van der Waals surface area contributed by atoms with Gasteiger partial charge in [-0.1, -0.05) is 0 Å². The Labute approximate surface area is 171 Å². The maximum absolute atomic E-state index is 3.35. The van der Waals surface area contributed by atoms with E-state index in [1.54, 1.807) is 0 Å². The van der Waals surface area contributed by atoms with Crippen LogP contribution in [-0.4, -0.2) is 18.2 Å². The van der Waals surface area contributed by atoms with Crippen molar-refractivity contribution in [2.75, 3.05) is 0 Å². The molecule has 0 aliphatic carbocycles. The molecule has 4 aromatic carbocycles. The molecule has 0 saturated heterocycles. The van der Waals surface area contributed by atoms with Crippen LogP contribution in [-0.2, 0) is 0 Å². The van der Waals surface area contributed by atoms with Gasteiger partial charge in [0.2, 0.25) is 0 Å². The predicted octanol–water partition coefficient (Wildman–Crippen LogP) is 5.83. The minimum atomic E-state index is -3.35. The summed E-state index contributed by atoms with van der Waals surface area (Å²) in [6.45, 7) is 0. The summed E-state index contributed by atoms with van der Waals surface area (Å²) >= 11 is -3.35. The molecule has 0 spiro atoms. The van der Waals surface area contributed by atoms with Crippen molar-refractivity contribution in [2.24, 2.45) is 0 Å². The van der Waals surface area contributed by atoms with Gasteiger partial charge in [-0.25, -0.2) is 0 Å².